The van der Waals surface area contributed by atoms with Crippen molar-refractivity contribution in [2.75, 3.05) is 6.61 Å². The molecule has 1 aliphatic heterocycles. The second kappa shape index (κ2) is 8.30. The molecule has 4 rings (SSSR count). The van der Waals surface area contributed by atoms with Crippen molar-refractivity contribution >= 4 is 5.91 Å². The monoisotopic (exact) mass is 407 g/mol. The summed E-state index contributed by atoms with van der Waals surface area (Å²) in [5.41, 5.74) is 4.65. The summed E-state index contributed by atoms with van der Waals surface area (Å²) in [7, 11) is 0. The summed E-state index contributed by atoms with van der Waals surface area (Å²) >= 11 is 0. The Balaban J connectivity index is 1.54. The summed E-state index contributed by atoms with van der Waals surface area (Å²) in [6, 6.07) is 14.3. The molecular weight excluding hydrogens is 381 g/mol. The standard InChI is InChI=1S/C24H26FN3O2/c1-16-11-17(2)28(26-16)10-9-24(29)27-14-21-12-20(19-5-4-6-22(25)13-19)7-8-23(21)30-15-18(27)3/h4-8,11-13,18H,9-10,14-15H2,1-3H3. The maximum absolute atomic E-state index is 13.6. The number of amides is 1. The van der Waals surface area contributed by atoms with Gasteiger partial charge in [0.1, 0.15) is 18.2 Å². The van der Waals surface area contributed by atoms with E-state index in [9.17, 15) is 9.18 Å². The molecule has 0 saturated carbocycles. The topological polar surface area (TPSA) is 47.4 Å². The minimum absolute atomic E-state index is 0.0389. The number of fused-ring (bicyclic) bond motifs is 1. The minimum atomic E-state index is -0.270. The van der Waals surface area contributed by atoms with E-state index in [1.165, 1.54) is 12.1 Å². The van der Waals surface area contributed by atoms with Crippen LogP contribution in [0.25, 0.3) is 11.1 Å². The molecular formula is C24H26FN3O2. The molecule has 1 aliphatic rings. The number of aromatic nitrogens is 2. The molecule has 1 amide bonds. The normalized spacial score (nSPS) is 16.0. The Hall–Kier alpha value is -3.15. The van der Waals surface area contributed by atoms with Crippen LogP contribution in [0.15, 0.2) is 48.5 Å². The molecule has 156 valence electrons. The number of ether oxygens (including phenoxy) is 1. The Kier molecular flexibility index (Phi) is 5.57. The van der Waals surface area contributed by atoms with Gasteiger partial charge in [0, 0.05) is 30.8 Å². The average Bonchev–Trinajstić information content (AvgIpc) is 2.95. The SMILES string of the molecule is Cc1cc(C)n(CCC(=O)N2Cc3cc(-c4cccc(F)c4)ccc3OCC2C)n1. The molecule has 2 aromatic carbocycles. The van der Waals surface area contributed by atoms with Gasteiger partial charge in [-0.15, -0.1) is 0 Å². The van der Waals surface area contributed by atoms with E-state index >= 15 is 0 Å². The van der Waals surface area contributed by atoms with E-state index in [1.807, 2.05) is 60.7 Å². The third-order valence-corrected chi connectivity index (χ3v) is 5.53. The number of halogens is 1. The van der Waals surface area contributed by atoms with Gasteiger partial charge >= 0.3 is 0 Å². The first-order valence-electron chi connectivity index (χ1n) is 10.2. The number of hydrogen-bond donors (Lipinski definition) is 0. The molecule has 1 unspecified atom stereocenters. The first kappa shape index (κ1) is 20.1. The minimum Gasteiger partial charge on any atom is -0.491 e. The van der Waals surface area contributed by atoms with Crippen molar-refractivity contribution in [2.24, 2.45) is 0 Å². The molecule has 5 nitrogen and oxygen atoms in total. The number of carbonyl (C=O) groups excluding carboxylic acids is 1. The lowest BCUT2D eigenvalue weighted by atomic mass is 10.0. The predicted octanol–water partition coefficient (Wildman–Crippen LogP) is 4.51. The third-order valence-electron chi connectivity index (χ3n) is 5.53. The van der Waals surface area contributed by atoms with Crippen molar-refractivity contribution in [1.29, 1.82) is 0 Å². The van der Waals surface area contributed by atoms with Gasteiger partial charge in [0.05, 0.1) is 11.7 Å². The fourth-order valence-electron chi connectivity index (χ4n) is 3.91. The van der Waals surface area contributed by atoms with Crippen molar-refractivity contribution in [3.05, 3.63) is 71.3 Å². The van der Waals surface area contributed by atoms with Crippen LogP contribution in [0.2, 0.25) is 0 Å². The molecule has 0 bridgehead atoms. The highest BCUT2D eigenvalue weighted by molar-refractivity contribution is 5.77. The molecule has 30 heavy (non-hydrogen) atoms. The lowest BCUT2D eigenvalue weighted by molar-refractivity contribution is -0.134. The predicted molar refractivity (Wildman–Crippen MR) is 114 cm³/mol. The Morgan fingerprint density at radius 3 is 2.70 bits per heavy atom. The maximum atomic E-state index is 13.6. The highest BCUT2D eigenvalue weighted by atomic mass is 19.1. The molecule has 3 aromatic rings. The number of carbonyl (C=O) groups is 1. The fourth-order valence-corrected chi connectivity index (χ4v) is 3.91. The second-order valence-corrected chi connectivity index (χ2v) is 7.91. The van der Waals surface area contributed by atoms with Gasteiger partial charge in [0.15, 0.2) is 0 Å². The van der Waals surface area contributed by atoms with E-state index in [0.717, 1.165) is 33.8 Å². The summed E-state index contributed by atoms with van der Waals surface area (Å²) < 4.78 is 21.5. The van der Waals surface area contributed by atoms with Gasteiger partial charge in [0.2, 0.25) is 5.91 Å². The number of hydrogen-bond acceptors (Lipinski definition) is 3. The van der Waals surface area contributed by atoms with Gasteiger partial charge in [-0.3, -0.25) is 9.48 Å². The van der Waals surface area contributed by atoms with Crippen LogP contribution in [-0.4, -0.2) is 33.2 Å². The van der Waals surface area contributed by atoms with E-state index in [2.05, 4.69) is 5.10 Å². The smallest absolute Gasteiger partial charge is 0.225 e. The van der Waals surface area contributed by atoms with Crippen LogP contribution in [0.4, 0.5) is 4.39 Å². The molecule has 1 aromatic heterocycles. The van der Waals surface area contributed by atoms with Crippen molar-refractivity contribution in [3.63, 3.8) is 0 Å². The van der Waals surface area contributed by atoms with Crippen LogP contribution in [0.1, 0.15) is 30.3 Å². The zero-order valence-electron chi connectivity index (χ0n) is 17.6. The summed E-state index contributed by atoms with van der Waals surface area (Å²) in [6.07, 6.45) is 0.380. The second-order valence-electron chi connectivity index (χ2n) is 7.91. The van der Waals surface area contributed by atoms with Gasteiger partial charge in [-0.05, 0) is 62.2 Å². The van der Waals surface area contributed by atoms with Crippen LogP contribution in [0.5, 0.6) is 5.75 Å². The van der Waals surface area contributed by atoms with Gasteiger partial charge < -0.3 is 9.64 Å². The molecule has 1 atom stereocenters. The van der Waals surface area contributed by atoms with E-state index < -0.39 is 0 Å². The fraction of sp³-hybridized carbons (Fsp3) is 0.333. The van der Waals surface area contributed by atoms with Crippen molar-refractivity contribution < 1.29 is 13.9 Å². The first-order chi connectivity index (χ1) is 14.4. The molecule has 0 saturated heterocycles. The lowest BCUT2D eigenvalue weighted by Gasteiger charge is -2.26. The first-order valence-corrected chi connectivity index (χ1v) is 10.2. The van der Waals surface area contributed by atoms with E-state index in [4.69, 9.17) is 4.74 Å². The molecule has 0 radical (unpaired) electrons. The zero-order chi connectivity index (χ0) is 21.3. The summed E-state index contributed by atoms with van der Waals surface area (Å²) in [5, 5.41) is 4.44. The van der Waals surface area contributed by atoms with Gasteiger partial charge in [-0.2, -0.15) is 5.10 Å². The molecule has 0 fully saturated rings. The number of benzene rings is 2. The Morgan fingerprint density at radius 1 is 1.17 bits per heavy atom. The summed E-state index contributed by atoms with van der Waals surface area (Å²) in [6.45, 7) is 7.41. The Morgan fingerprint density at radius 2 is 1.97 bits per heavy atom. The maximum Gasteiger partial charge on any atom is 0.225 e. The van der Waals surface area contributed by atoms with Crippen LogP contribution in [0, 0.1) is 19.7 Å². The number of nitrogens with zero attached hydrogens (tertiary/aromatic N) is 3. The number of aryl methyl sites for hydroxylation is 3. The van der Waals surface area contributed by atoms with E-state index in [-0.39, 0.29) is 17.8 Å². The summed E-state index contributed by atoms with van der Waals surface area (Å²) in [5.74, 6) is 0.576. The molecule has 0 spiro atoms. The van der Waals surface area contributed by atoms with E-state index in [1.54, 1.807) is 6.07 Å². The lowest BCUT2D eigenvalue weighted by Crippen LogP contribution is -2.40. The highest BCUT2D eigenvalue weighted by Crippen LogP contribution is 2.31. The number of rotatable bonds is 4. The molecule has 0 N–H and O–H groups in total. The molecule has 2 heterocycles. The largest absolute Gasteiger partial charge is 0.491 e. The van der Waals surface area contributed by atoms with Crippen molar-refractivity contribution in [3.8, 4) is 16.9 Å². The van der Waals surface area contributed by atoms with Crippen LogP contribution >= 0.6 is 0 Å². The van der Waals surface area contributed by atoms with Crippen LogP contribution in [-0.2, 0) is 17.9 Å². The van der Waals surface area contributed by atoms with Crippen molar-refractivity contribution in [2.45, 2.75) is 46.3 Å². The quantitative estimate of drug-likeness (QED) is 0.640. The molecule has 6 heteroatoms. The van der Waals surface area contributed by atoms with Gasteiger partial charge in [0.25, 0.3) is 0 Å². The van der Waals surface area contributed by atoms with E-state index in [0.29, 0.717) is 26.1 Å². The third kappa shape index (κ3) is 4.22. The molecule has 0 aliphatic carbocycles. The highest BCUT2D eigenvalue weighted by Gasteiger charge is 2.26. The Labute approximate surface area is 176 Å². The van der Waals surface area contributed by atoms with Gasteiger partial charge in [-0.1, -0.05) is 18.2 Å². The van der Waals surface area contributed by atoms with Crippen molar-refractivity contribution in [1.82, 2.24) is 14.7 Å². The zero-order valence-corrected chi connectivity index (χ0v) is 17.6. The van der Waals surface area contributed by atoms with Crippen LogP contribution in [0.3, 0.4) is 0 Å². The Bertz CT molecular complexity index is 1080. The van der Waals surface area contributed by atoms with Gasteiger partial charge in [-0.25, -0.2) is 4.39 Å². The van der Waals surface area contributed by atoms with Crippen LogP contribution < -0.4 is 4.74 Å². The summed E-state index contributed by atoms with van der Waals surface area (Å²) in [4.78, 5) is 14.9. The average molecular weight is 407 g/mol.